The number of rotatable bonds is 7. The maximum Gasteiger partial charge on any atom is 0.175 e. The molecule has 1 saturated heterocycles. The van der Waals surface area contributed by atoms with Gasteiger partial charge in [0.05, 0.1) is 23.1 Å². The molecule has 0 aromatic heterocycles. The molecule has 5 nitrogen and oxygen atoms in total. The molecule has 30 heavy (non-hydrogen) atoms. The molecule has 0 amide bonds. The van der Waals surface area contributed by atoms with Crippen LogP contribution in [0.2, 0.25) is 5.02 Å². The van der Waals surface area contributed by atoms with Crippen molar-refractivity contribution in [2.45, 2.75) is 25.2 Å². The van der Waals surface area contributed by atoms with Gasteiger partial charge in [-0.2, -0.15) is 5.26 Å². The Labute approximate surface area is 184 Å². The highest BCUT2D eigenvalue weighted by molar-refractivity contribution is 7.90. The van der Waals surface area contributed by atoms with Gasteiger partial charge in [-0.25, -0.2) is 8.42 Å². The lowest BCUT2D eigenvalue weighted by molar-refractivity contribution is 0.225. The van der Waals surface area contributed by atoms with Crippen LogP contribution in [0, 0.1) is 30.1 Å². The van der Waals surface area contributed by atoms with Crippen molar-refractivity contribution in [2.75, 3.05) is 32.5 Å². The van der Waals surface area contributed by atoms with Crippen molar-refractivity contribution in [3.8, 4) is 11.8 Å². The maximum atomic E-state index is 11.8. The summed E-state index contributed by atoms with van der Waals surface area (Å²) < 4.78 is 29.5. The van der Waals surface area contributed by atoms with Crippen LogP contribution in [0.3, 0.4) is 0 Å². The average Bonchev–Trinajstić information content (AvgIpc) is 3.03. The fourth-order valence-electron chi connectivity index (χ4n) is 4.02. The summed E-state index contributed by atoms with van der Waals surface area (Å²) >= 11 is 6.10. The Kier molecular flexibility index (Phi) is 7.07. The van der Waals surface area contributed by atoms with Crippen LogP contribution < -0.4 is 4.74 Å². The fraction of sp³-hybridized carbons (Fsp3) is 0.435. The number of halogens is 1. The summed E-state index contributed by atoms with van der Waals surface area (Å²) in [6.45, 7) is 7.49. The van der Waals surface area contributed by atoms with Crippen molar-refractivity contribution in [3.05, 3.63) is 58.1 Å². The maximum absolute atomic E-state index is 11.8. The minimum Gasteiger partial charge on any atom is -0.493 e. The molecular formula is C23H27ClN2O3S. The highest BCUT2D eigenvalue weighted by Crippen LogP contribution is 2.26. The van der Waals surface area contributed by atoms with Gasteiger partial charge in [-0.3, -0.25) is 0 Å². The molecule has 0 aliphatic carbocycles. The van der Waals surface area contributed by atoms with Gasteiger partial charge in [0.1, 0.15) is 5.75 Å². The van der Waals surface area contributed by atoms with Crippen LogP contribution in [0.1, 0.15) is 23.6 Å². The third kappa shape index (κ3) is 5.75. The Hall–Kier alpha value is -2.07. The Morgan fingerprint density at radius 2 is 2.00 bits per heavy atom. The molecule has 7 heteroatoms. The third-order valence-corrected chi connectivity index (χ3v) is 7.13. The molecule has 1 aliphatic heterocycles. The first-order valence-corrected chi connectivity index (χ1v) is 12.3. The Morgan fingerprint density at radius 1 is 1.23 bits per heavy atom. The van der Waals surface area contributed by atoms with Crippen molar-refractivity contribution < 1.29 is 13.2 Å². The largest absolute Gasteiger partial charge is 0.493 e. The number of ether oxygens (including phenoxy) is 1. The first-order chi connectivity index (χ1) is 14.2. The first-order valence-electron chi connectivity index (χ1n) is 10.0. The second-order valence-electron chi connectivity index (χ2n) is 8.22. The van der Waals surface area contributed by atoms with E-state index in [1.165, 1.54) is 6.26 Å². The van der Waals surface area contributed by atoms with Gasteiger partial charge in [0.2, 0.25) is 0 Å². The molecule has 1 aliphatic rings. The molecule has 0 radical (unpaired) electrons. The zero-order chi connectivity index (χ0) is 21.9. The van der Waals surface area contributed by atoms with Gasteiger partial charge < -0.3 is 9.64 Å². The lowest BCUT2D eigenvalue weighted by atomic mass is 9.99. The second kappa shape index (κ2) is 9.38. The zero-order valence-electron chi connectivity index (χ0n) is 17.6. The van der Waals surface area contributed by atoms with Crippen LogP contribution >= 0.6 is 11.6 Å². The number of likely N-dealkylation sites (tertiary alicyclic amines) is 1. The SMILES string of the molecule is Cc1cc(OC[C@@H]2CN(CCc3cc(Cl)cc(C#N)c3)C[C@H]2C)ccc1S(C)(=O)=O. The highest BCUT2D eigenvalue weighted by atomic mass is 35.5. The van der Waals surface area contributed by atoms with Crippen molar-refractivity contribution in [1.82, 2.24) is 4.90 Å². The van der Waals surface area contributed by atoms with E-state index >= 15 is 0 Å². The van der Waals surface area contributed by atoms with E-state index in [0.717, 1.165) is 31.6 Å². The van der Waals surface area contributed by atoms with Crippen LogP contribution in [0.25, 0.3) is 0 Å². The Balaban J connectivity index is 1.54. The number of nitriles is 1. The predicted octanol–water partition coefficient (Wildman–Crippen LogP) is 4.11. The monoisotopic (exact) mass is 446 g/mol. The number of hydrogen-bond donors (Lipinski definition) is 0. The predicted molar refractivity (Wildman–Crippen MR) is 119 cm³/mol. The van der Waals surface area contributed by atoms with Crippen molar-refractivity contribution >= 4 is 21.4 Å². The molecular weight excluding hydrogens is 420 g/mol. The summed E-state index contributed by atoms with van der Waals surface area (Å²) in [7, 11) is -3.22. The molecule has 2 aromatic carbocycles. The van der Waals surface area contributed by atoms with Gasteiger partial charge in [-0.05, 0) is 66.8 Å². The second-order valence-corrected chi connectivity index (χ2v) is 10.6. The average molecular weight is 447 g/mol. The minimum atomic E-state index is -3.22. The molecule has 2 atom stereocenters. The molecule has 3 rings (SSSR count). The molecule has 2 aromatic rings. The molecule has 0 N–H and O–H groups in total. The number of sulfone groups is 1. The highest BCUT2D eigenvalue weighted by Gasteiger charge is 2.29. The molecule has 0 unspecified atom stereocenters. The standard InChI is InChI=1S/C23H27ClN2O3S/c1-16-8-22(4-5-23(16)30(3,27)28)29-15-20-14-26(13-17(20)2)7-6-18-9-19(12-25)11-21(24)10-18/h4-5,8-11,17,20H,6-7,13-15H2,1-3H3/t17-,20+/m1/s1. The van der Waals surface area contributed by atoms with Gasteiger partial charge in [0.25, 0.3) is 0 Å². The van der Waals surface area contributed by atoms with Gasteiger partial charge in [0.15, 0.2) is 9.84 Å². The van der Waals surface area contributed by atoms with Gasteiger partial charge >= 0.3 is 0 Å². The van der Waals surface area contributed by atoms with Gasteiger partial charge in [0, 0.05) is 36.8 Å². The summed E-state index contributed by atoms with van der Waals surface area (Å²) in [5.74, 6) is 1.62. The van der Waals surface area contributed by atoms with E-state index < -0.39 is 9.84 Å². The zero-order valence-corrected chi connectivity index (χ0v) is 19.1. The summed E-state index contributed by atoms with van der Waals surface area (Å²) in [5, 5.41) is 9.70. The van der Waals surface area contributed by atoms with E-state index in [1.807, 2.05) is 12.1 Å². The molecule has 160 valence electrons. The number of benzene rings is 2. The summed E-state index contributed by atoms with van der Waals surface area (Å²) in [6, 6.07) is 12.8. The van der Waals surface area contributed by atoms with Crippen molar-refractivity contribution in [1.29, 1.82) is 5.26 Å². The van der Waals surface area contributed by atoms with E-state index in [9.17, 15) is 8.42 Å². The lowest BCUT2D eigenvalue weighted by Crippen LogP contribution is -2.24. The summed E-state index contributed by atoms with van der Waals surface area (Å²) in [6.07, 6.45) is 2.07. The minimum absolute atomic E-state index is 0.343. The van der Waals surface area contributed by atoms with Gasteiger partial charge in [-0.15, -0.1) is 0 Å². The van der Waals surface area contributed by atoms with Crippen LogP contribution in [0.4, 0.5) is 0 Å². The topological polar surface area (TPSA) is 70.4 Å². The van der Waals surface area contributed by atoms with E-state index in [1.54, 1.807) is 31.2 Å². The number of hydrogen-bond acceptors (Lipinski definition) is 5. The third-order valence-electron chi connectivity index (χ3n) is 5.66. The smallest absolute Gasteiger partial charge is 0.175 e. The summed E-state index contributed by atoms with van der Waals surface area (Å²) in [5.41, 5.74) is 2.37. The Morgan fingerprint density at radius 3 is 2.67 bits per heavy atom. The lowest BCUT2D eigenvalue weighted by Gasteiger charge is -2.17. The van der Waals surface area contributed by atoms with Crippen molar-refractivity contribution in [3.63, 3.8) is 0 Å². The molecule has 0 saturated carbocycles. The van der Waals surface area contributed by atoms with Crippen molar-refractivity contribution in [2.24, 2.45) is 11.8 Å². The number of aryl methyl sites for hydroxylation is 1. The molecule has 1 fully saturated rings. The van der Waals surface area contributed by atoms with E-state index in [2.05, 4.69) is 17.9 Å². The first kappa shape index (κ1) is 22.6. The van der Waals surface area contributed by atoms with Gasteiger partial charge in [-0.1, -0.05) is 18.5 Å². The molecule has 0 spiro atoms. The van der Waals surface area contributed by atoms with E-state index in [4.69, 9.17) is 21.6 Å². The normalized spacial score (nSPS) is 19.6. The fourth-order valence-corrected chi connectivity index (χ4v) is 5.24. The molecule has 1 heterocycles. The summed E-state index contributed by atoms with van der Waals surface area (Å²) in [4.78, 5) is 2.76. The van der Waals surface area contributed by atoms with Crippen LogP contribution in [0.5, 0.6) is 5.75 Å². The number of nitrogens with zero attached hydrogens (tertiary/aromatic N) is 2. The van der Waals surface area contributed by atoms with E-state index in [-0.39, 0.29) is 0 Å². The van der Waals surface area contributed by atoms with Crippen LogP contribution in [-0.2, 0) is 16.3 Å². The quantitative estimate of drug-likeness (QED) is 0.640. The van der Waals surface area contributed by atoms with E-state index in [0.29, 0.717) is 45.2 Å². The molecule has 0 bridgehead atoms. The van der Waals surface area contributed by atoms with Crippen LogP contribution in [-0.4, -0.2) is 45.8 Å². The Bertz CT molecular complexity index is 1060. The van der Waals surface area contributed by atoms with Crippen LogP contribution in [0.15, 0.2) is 41.3 Å².